The largest absolute Gasteiger partial charge is 0.376 e. The summed E-state index contributed by atoms with van der Waals surface area (Å²) in [4.78, 5) is 13.3. The van der Waals surface area contributed by atoms with Crippen LogP contribution < -0.4 is 0 Å². The molecule has 1 amide bonds. The first-order valence-electron chi connectivity index (χ1n) is 4.71. The summed E-state index contributed by atoms with van der Waals surface area (Å²) in [7, 11) is 0. The highest BCUT2D eigenvalue weighted by Gasteiger charge is 2.33. The summed E-state index contributed by atoms with van der Waals surface area (Å²) in [6, 6.07) is 0. The Labute approximate surface area is 80.0 Å². The van der Waals surface area contributed by atoms with E-state index in [1.165, 1.54) is 6.08 Å². The lowest BCUT2D eigenvalue weighted by Crippen LogP contribution is -2.47. The van der Waals surface area contributed by atoms with E-state index < -0.39 is 5.60 Å². The fourth-order valence-electron chi connectivity index (χ4n) is 1.17. The van der Waals surface area contributed by atoms with Crippen molar-refractivity contribution in [1.82, 2.24) is 4.90 Å². The molecule has 0 aromatic heterocycles. The number of aliphatic hydroxyl groups is 1. The van der Waals surface area contributed by atoms with E-state index in [0.717, 1.165) is 0 Å². The maximum absolute atomic E-state index is 11.7. The molecule has 0 aliphatic heterocycles. The zero-order valence-electron chi connectivity index (χ0n) is 8.71. The molecular formula is C10H19NO2. The molecule has 0 heterocycles. The van der Waals surface area contributed by atoms with Crippen molar-refractivity contribution >= 4 is 5.91 Å². The summed E-state index contributed by atoms with van der Waals surface area (Å²) in [5, 5.41) is 9.82. The van der Waals surface area contributed by atoms with E-state index in [9.17, 15) is 9.90 Å². The van der Waals surface area contributed by atoms with Gasteiger partial charge in [0.05, 0.1) is 0 Å². The van der Waals surface area contributed by atoms with Crippen LogP contribution in [0.3, 0.4) is 0 Å². The van der Waals surface area contributed by atoms with Gasteiger partial charge in [-0.25, -0.2) is 0 Å². The van der Waals surface area contributed by atoms with Gasteiger partial charge in [-0.3, -0.25) is 4.79 Å². The lowest BCUT2D eigenvalue weighted by Gasteiger charge is -2.28. The van der Waals surface area contributed by atoms with Crippen molar-refractivity contribution < 1.29 is 9.90 Å². The Balaban J connectivity index is 4.62. The van der Waals surface area contributed by atoms with Gasteiger partial charge >= 0.3 is 0 Å². The third-order valence-corrected chi connectivity index (χ3v) is 2.30. The molecule has 13 heavy (non-hydrogen) atoms. The molecule has 3 nitrogen and oxygen atoms in total. The molecule has 1 atom stereocenters. The molecule has 1 unspecified atom stereocenters. The molecule has 3 heteroatoms. The van der Waals surface area contributed by atoms with Gasteiger partial charge in [-0.15, -0.1) is 0 Å². The summed E-state index contributed by atoms with van der Waals surface area (Å²) >= 11 is 0. The topological polar surface area (TPSA) is 40.5 Å². The van der Waals surface area contributed by atoms with E-state index in [-0.39, 0.29) is 5.91 Å². The number of carbonyl (C=O) groups excluding carboxylic acids is 1. The van der Waals surface area contributed by atoms with E-state index in [2.05, 4.69) is 6.58 Å². The number of rotatable bonds is 5. The fourth-order valence-corrected chi connectivity index (χ4v) is 1.17. The van der Waals surface area contributed by atoms with Crippen LogP contribution in [-0.4, -0.2) is 34.6 Å². The van der Waals surface area contributed by atoms with Crippen molar-refractivity contribution in [1.29, 1.82) is 0 Å². The Morgan fingerprint density at radius 2 is 1.92 bits per heavy atom. The second-order valence-electron chi connectivity index (χ2n) is 2.96. The molecule has 76 valence electrons. The van der Waals surface area contributed by atoms with Crippen LogP contribution in [0, 0.1) is 0 Å². The van der Waals surface area contributed by atoms with Gasteiger partial charge in [0.2, 0.25) is 0 Å². The first kappa shape index (κ1) is 12.2. The molecule has 0 rings (SSSR count). The van der Waals surface area contributed by atoms with Crippen molar-refractivity contribution in [2.24, 2.45) is 0 Å². The van der Waals surface area contributed by atoms with Gasteiger partial charge in [0.1, 0.15) is 0 Å². The Bertz CT molecular complexity index is 187. The highest BCUT2D eigenvalue weighted by Crippen LogP contribution is 2.14. The second-order valence-corrected chi connectivity index (χ2v) is 2.96. The summed E-state index contributed by atoms with van der Waals surface area (Å²) in [6.07, 6.45) is 1.68. The first-order valence-corrected chi connectivity index (χ1v) is 4.71. The molecule has 0 bridgehead atoms. The molecule has 0 aromatic carbocycles. The van der Waals surface area contributed by atoms with Crippen LogP contribution in [0.25, 0.3) is 0 Å². The maximum Gasteiger partial charge on any atom is 0.258 e. The maximum atomic E-state index is 11.7. The predicted molar refractivity (Wildman–Crippen MR) is 53.4 cm³/mol. The highest BCUT2D eigenvalue weighted by atomic mass is 16.3. The van der Waals surface area contributed by atoms with E-state index in [1.807, 2.05) is 13.8 Å². The Kier molecular flexibility index (Phi) is 4.70. The average molecular weight is 185 g/mol. The molecule has 0 aliphatic carbocycles. The van der Waals surface area contributed by atoms with Crippen molar-refractivity contribution in [3.63, 3.8) is 0 Å². The van der Waals surface area contributed by atoms with E-state index in [4.69, 9.17) is 0 Å². The number of nitrogens with zero attached hydrogens (tertiary/aromatic N) is 1. The zero-order chi connectivity index (χ0) is 10.5. The van der Waals surface area contributed by atoms with E-state index >= 15 is 0 Å². The van der Waals surface area contributed by atoms with Crippen molar-refractivity contribution in [3.05, 3.63) is 12.7 Å². The molecule has 0 aromatic rings. The van der Waals surface area contributed by atoms with Crippen LogP contribution in [0.15, 0.2) is 12.7 Å². The fraction of sp³-hybridized carbons (Fsp3) is 0.700. The van der Waals surface area contributed by atoms with Gasteiger partial charge < -0.3 is 10.0 Å². The lowest BCUT2D eigenvalue weighted by atomic mass is 9.99. The van der Waals surface area contributed by atoms with E-state index in [0.29, 0.717) is 19.5 Å². The van der Waals surface area contributed by atoms with Crippen LogP contribution >= 0.6 is 0 Å². The van der Waals surface area contributed by atoms with Crippen LogP contribution in [0.4, 0.5) is 0 Å². The monoisotopic (exact) mass is 185 g/mol. The standard InChI is InChI=1S/C10H19NO2/c1-5-10(13,6-2)9(12)11(7-3)8-4/h5,13H,1,6-8H2,2-4H3. The molecule has 0 spiro atoms. The molecule has 0 saturated heterocycles. The molecule has 0 aliphatic rings. The number of amides is 1. The van der Waals surface area contributed by atoms with Gasteiger partial charge in [0.15, 0.2) is 5.60 Å². The van der Waals surface area contributed by atoms with Crippen LogP contribution in [0.1, 0.15) is 27.2 Å². The van der Waals surface area contributed by atoms with Crippen LogP contribution in [0.5, 0.6) is 0 Å². The smallest absolute Gasteiger partial charge is 0.258 e. The number of hydrogen-bond donors (Lipinski definition) is 1. The van der Waals surface area contributed by atoms with Crippen LogP contribution in [0.2, 0.25) is 0 Å². The minimum absolute atomic E-state index is 0.255. The predicted octanol–water partition coefficient (Wildman–Crippen LogP) is 1.18. The van der Waals surface area contributed by atoms with E-state index in [1.54, 1.807) is 11.8 Å². The molecule has 0 saturated carbocycles. The van der Waals surface area contributed by atoms with Gasteiger partial charge in [-0.1, -0.05) is 19.6 Å². The Morgan fingerprint density at radius 3 is 2.15 bits per heavy atom. The summed E-state index contributed by atoms with van der Waals surface area (Å²) in [5.74, 6) is -0.255. The average Bonchev–Trinajstić information content (AvgIpc) is 2.18. The van der Waals surface area contributed by atoms with Crippen molar-refractivity contribution in [3.8, 4) is 0 Å². The second kappa shape index (κ2) is 5.02. The SMILES string of the molecule is C=CC(O)(CC)C(=O)N(CC)CC. The summed E-state index contributed by atoms with van der Waals surface area (Å²) in [6.45, 7) is 10.3. The molecular weight excluding hydrogens is 166 g/mol. The minimum Gasteiger partial charge on any atom is -0.376 e. The quantitative estimate of drug-likeness (QED) is 0.653. The van der Waals surface area contributed by atoms with Gasteiger partial charge in [0.25, 0.3) is 5.91 Å². The van der Waals surface area contributed by atoms with Gasteiger partial charge in [-0.05, 0) is 20.3 Å². The summed E-state index contributed by atoms with van der Waals surface area (Å²) < 4.78 is 0. The molecule has 1 N–H and O–H groups in total. The molecule has 0 fully saturated rings. The van der Waals surface area contributed by atoms with Crippen molar-refractivity contribution in [2.75, 3.05) is 13.1 Å². The number of hydrogen-bond acceptors (Lipinski definition) is 2. The summed E-state index contributed by atoms with van der Waals surface area (Å²) in [5.41, 5.74) is -1.38. The van der Waals surface area contributed by atoms with Gasteiger partial charge in [-0.2, -0.15) is 0 Å². The lowest BCUT2D eigenvalue weighted by molar-refractivity contribution is -0.146. The third kappa shape index (κ3) is 2.56. The third-order valence-electron chi connectivity index (χ3n) is 2.30. The Hall–Kier alpha value is -0.830. The van der Waals surface area contributed by atoms with Crippen LogP contribution in [-0.2, 0) is 4.79 Å². The minimum atomic E-state index is -1.38. The Morgan fingerprint density at radius 1 is 1.46 bits per heavy atom. The highest BCUT2D eigenvalue weighted by molar-refractivity contribution is 5.86. The number of carbonyl (C=O) groups is 1. The normalized spacial score (nSPS) is 14.8. The van der Waals surface area contributed by atoms with Crippen molar-refractivity contribution in [2.45, 2.75) is 32.8 Å². The molecule has 0 radical (unpaired) electrons. The first-order chi connectivity index (χ1) is 6.05. The zero-order valence-corrected chi connectivity index (χ0v) is 8.71. The number of likely N-dealkylation sites (N-methyl/N-ethyl adjacent to an activating group) is 1. The van der Waals surface area contributed by atoms with Gasteiger partial charge in [0, 0.05) is 13.1 Å².